The van der Waals surface area contributed by atoms with E-state index in [0.29, 0.717) is 5.56 Å². The number of rotatable bonds is 4. The van der Waals surface area contributed by atoms with Crippen LogP contribution in [0.15, 0.2) is 40.8 Å². The Labute approximate surface area is 102 Å². The number of furan rings is 1. The highest BCUT2D eigenvalue weighted by Gasteiger charge is 2.05. The molecule has 2 rings (SSSR count). The maximum atomic E-state index is 8.85. The van der Waals surface area contributed by atoms with Crippen LogP contribution >= 0.6 is 0 Å². The SMILES string of the molecule is CCCCc1ccc(-c2cccc(C#N)c2)o1. The van der Waals surface area contributed by atoms with Crippen LogP contribution in [0.3, 0.4) is 0 Å². The number of benzene rings is 1. The lowest BCUT2D eigenvalue weighted by Gasteiger charge is -1.98. The largest absolute Gasteiger partial charge is 0.461 e. The summed E-state index contributed by atoms with van der Waals surface area (Å²) in [5.74, 6) is 1.86. The minimum absolute atomic E-state index is 0.661. The highest BCUT2D eigenvalue weighted by molar-refractivity contribution is 5.60. The van der Waals surface area contributed by atoms with E-state index in [1.165, 1.54) is 6.42 Å². The highest BCUT2D eigenvalue weighted by atomic mass is 16.3. The molecule has 0 N–H and O–H groups in total. The summed E-state index contributed by atoms with van der Waals surface area (Å²) in [6.07, 6.45) is 3.29. The standard InChI is InChI=1S/C15H15NO/c1-2-3-7-14-8-9-15(17-14)13-6-4-5-12(10-13)11-16/h4-6,8-10H,2-3,7H2,1H3. The van der Waals surface area contributed by atoms with Gasteiger partial charge in [0.2, 0.25) is 0 Å². The maximum absolute atomic E-state index is 8.85. The van der Waals surface area contributed by atoms with Crippen molar-refractivity contribution in [2.45, 2.75) is 26.2 Å². The molecule has 0 fully saturated rings. The lowest BCUT2D eigenvalue weighted by atomic mass is 10.1. The molecule has 0 bridgehead atoms. The molecule has 17 heavy (non-hydrogen) atoms. The Bertz CT molecular complexity index is 534. The van der Waals surface area contributed by atoms with Gasteiger partial charge in [0.1, 0.15) is 11.5 Å². The first-order valence-electron chi connectivity index (χ1n) is 5.92. The molecular weight excluding hydrogens is 210 g/mol. The Morgan fingerprint density at radius 2 is 2.12 bits per heavy atom. The Balaban J connectivity index is 2.21. The van der Waals surface area contributed by atoms with Crippen LogP contribution in [0.2, 0.25) is 0 Å². The van der Waals surface area contributed by atoms with Crippen LogP contribution in [0, 0.1) is 11.3 Å². The van der Waals surface area contributed by atoms with Crippen LogP contribution < -0.4 is 0 Å². The Morgan fingerprint density at radius 3 is 2.88 bits per heavy atom. The van der Waals surface area contributed by atoms with Crippen molar-refractivity contribution < 1.29 is 4.42 Å². The molecule has 0 saturated heterocycles. The van der Waals surface area contributed by atoms with Gasteiger partial charge in [0.15, 0.2) is 0 Å². The first-order valence-corrected chi connectivity index (χ1v) is 5.92. The second-order valence-electron chi connectivity index (χ2n) is 4.06. The zero-order valence-corrected chi connectivity index (χ0v) is 9.94. The average molecular weight is 225 g/mol. The number of nitriles is 1. The maximum Gasteiger partial charge on any atom is 0.134 e. The van der Waals surface area contributed by atoms with Crippen molar-refractivity contribution in [1.82, 2.24) is 0 Å². The Morgan fingerprint density at radius 1 is 1.24 bits per heavy atom. The fourth-order valence-electron chi connectivity index (χ4n) is 1.76. The third kappa shape index (κ3) is 2.76. The van der Waals surface area contributed by atoms with Crippen LogP contribution in [0.1, 0.15) is 31.1 Å². The van der Waals surface area contributed by atoms with Crippen LogP contribution in [0.4, 0.5) is 0 Å². The number of hydrogen-bond donors (Lipinski definition) is 0. The molecular formula is C15H15NO. The quantitative estimate of drug-likeness (QED) is 0.783. The lowest BCUT2D eigenvalue weighted by molar-refractivity contribution is 0.512. The van der Waals surface area contributed by atoms with Gasteiger partial charge in [-0.25, -0.2) is 0 Å². The van der Waals surface area contributed by atoms with Crippen molar-refractivity contribution in [3.63, 3.8) is 0 Å². The van der Waals surface area contributed by atoms with E-state index < -0.39 is 0 Å². The topological polar surface area (TPSA) is 36.9 Å². The fraction of sp³-hybridized carbons (Fsp3) is 0.267. The van der Waals surface area contributed by atoms with Gasteiger partial charge in [0.25, 0.3) is 0 Å². The average Bonchev–Trinajstić information content (AvgIpc) is 2.85. The van der Waals surface area contributed by atoms with Gasteiger partial charge in [-0.15, -0.1) is 0 Å². The summed E-state index contributed by atoms with van der Waals surface area (Å²) in [6.45, 7) is 2.17. The van der Waals surface area contributed by atoms with E-state index in [-0.39, 0.29) is 0 Å². The van der Waals surface area contributed by atoms with E-state index in [1.807, 2.05) is 30.3 Å². The second kappa shape index (κ2) is 5.36. The molecule has 2 aromatic rings. The van der Waals surface area contributed by atoms with Gasteiger partial charge < -0.3 is 4.42 Å². The summed E-state index contributed by atoms with van der Waals surface area (Å²) in [5.41, 5.74) is 1.63. The second-order valence-corrected chi connectivity index (χ2v) is 4.06. The normalized spacial score (nSPS) is 10.1. The third-order valence-corrected chi connectivity index (χ3v) is 2.71. The van der Waals surface area contributed by atoms with Gasteiger partial charge in [-0.1, -0.05) is 25.5 Å². The van der Waals surface area contributed by atoms with Gasteiger partial charge in [0, 0.05) is 12.0 Å². The van der Waals surface area contributed by atoms with E-state index in [2.05, 4.69) is 13.0 Å². The zero-order valence-electron chi connectivity index (χ0n) is 9.94. The molecule has 1 aromatic carbocycles. The number of nitrogens with zero attached hydrogens (tertiary/aromatic N) is 1. The van der Waals surface area contributed by atoms with Crippen molar-refractivity contribution >= 4 is 0 Å². The molecule has 0 aliphatic carbocycles. The van der Waals surface area contributed by atoms with Gasteiger partial charge in [0.05, 0.1) is 11.6 Å². The van der Waals surface area contributed by atoms with E-state index >= 15 is 0 Å². The van der Waals surface area contributed by atoms with Gasteiger partial charge >= 0.3 is 0 Å². The molecule has 1 aromatic heterocycles. The highest BCUT2D eigenvalue weighted by Crippen LogP contribution is 2.23. The molecule has 0 spiro atoms. The summed E-state index contributed by atoms with van der Waals surface area (Å²) in [6, 6.07) is 13.6. The predicted octanol–water partition coefficient (Wildman–Crippen LogP) is 4.16. The molecule has 2 nitrogen and oxygen atoms in total. The van der Waals surface area contributed by atoms with E-state index in [4.69, 9.17) is 9.68 Å². The van der Waals surface area contributed by atoms with Crippen LogP contribution in [-0.2, 0) is 6.42 Å². The van der Waals surface area contributed by atoms with Crippen molar-refractivity contribution in [2.75, 3.05) is 0 Å². The van der Waals surface area contributed by atoms with Crippen LogP contribution in [0.5, 0.6) is 0 Å². The molecule has 86 valence electrons. The fourth-order valence-corrected chi connectivity index (χ4v) is 1.76. The summed E-state index contributed by atoms with van der Waals surface area (Å²) >= 11 is 0. The van der Waals surface area contributed by atoms with Crippen molar-refractivity contribution in [3.8, 4) is 17.4 Å². The Kier molecular flexibility index (Phi) is 3.62. The number of hydrogen-bond acceptors (Lipinski definition) is 2. The van der Waals surface area contributed by atoms with Crippen molar-refractivity contribution in [1.29, 1.82) is 5.26 Å². The number of unbranched alkanes of at least 4 members (excludes halogenated alkanes) is 1. The molecule has 2 heteroatoms. The zero-order chi connectivity index (χ0) is 12.1. The molecule has 0 radical (unpaired) electrons. The van der Waals surface area contributed by atoms with Gasteiger partial charge in [-0.3, -0.25) is 0 Å². The van der Waals surface area contributed by atoms with Crippen LogP contribution in [-0.4, -0.2) is 0 Å². The third-order valence-electron chi connectivity index (χ3n) is 2.71. The van der Waals surface area contributed by atoms with E-state index in [1.54, 1.807) is 6.07 Å². The van der Waals surface area contributed by atoms with Crippen LogP contribution in [0.25, 0.3) is 11.3 Å². The minimum atomic E-state index is 0.661. The first kappa shape index (κ1) is 11.5. The van der Waals surface area contributed by atoms with Crippen molar-refractivity contribution in [2.24, 2.45) is 0 Å². The summed E-state index contributed by atoms with van der Waals surface area (Å²) in [4.78, 5) is 0. The van der Waals surface area contributed by atoms with E-state index in [0.717, 1.165) is 29.9 Å². The van der Waals surface area contributed by atoms with Gasteiger partial charge in [-0.05, 0) is 30.7 Å². The summed E-state index contributed by atoms with van der Waals surface area (Å²) in [5, 5.41) is 8.85. The lowest BCUT2D eigenvalue weighted by Crippen LogP contribution is -1.80. The Hall–Kier alpha value is -2.01. The molecule has 0 aliphatic rings. The van der Waals surface area contributed by atoms with Crippen molar-refractivity contribution in [3.05, 3.63) is 47.7 Å². The monoisotopic (exact) mass is 225 g/mol. The molecule has 1 heterocycles. The summed E-state index contributed by atoms with van der Waals surface area (Å²) < 4.78 is 5.76. The predicted molar refractivity (Wildman–Crippen MR) is 67.5 cm³/mol. The molecule has 0 aliphatic heterocycles. The van der Waals surface area contributed by atoms with E-state index in [9.17, 15) is 0 Å². The molecule has 0 amide bonds. The summed E-state index contributed by atoms with van der Waals surface area (Å²) in [7, 11) is 0. The smallest absolute Gasteiger partial charge is 0.134 e. The molecule has 0 saturated carbocycles. The van der Waals surface area contributed by atoms with Gasteiger partial charge in [-0.2, -0.15) is 5.26 Å². The molecule has 0 atom stereocenters. The number of aryl methyl sites for hydroxylation is 1. The minimum Gasteiger partial charge on any atom is -0.461 e. The molecule has 0 unspecified atom stereocenters. The first-order chi connectivity index (χ1) is 8.33.